The van der Waals surface area contributed by atoms with E-state index >= 15 is 0 Å². The minimum atomic E-state index is -0.609. The zero-order chi connectivity index (χ0) is 18.8. The number of ether oxygens (including phenoxy) is 2. The van der Waals surface area contributed by atoms with Gasteiger partial charge in [0.1, 0.15) is 6.61 Å². The highest BCUT2D eigenvalue weighted by molar-refractivity contribution is 7.14. The Labute approximate surface area is 159 Å². The van der Waals surface area contributed by atoms with Gasteiger partial charge >= 0.3 is 12.1 Å². The molecule has 6 nitrogen and oxygen atoms in total. The molecule has 136 valence electrons. The fourth-order valence-corrected chi connectivity index (χ4v) is 3.92. The predicted octanol–water partition coefficient (Wildman–Crippen LogP) is 4.29. The van der Waals surface area contributed by atoms with E-state index in [-0.39, 0.29) is 23.4 Å². The van der Waals surface area contributed by atoms with Gasteiger partial charge in [0.15, 0.2) is 10.8 Å². The maximum absolute atomic E-state index is 12.2. The number of methoxy groups -OCH3 is 1. The number of esters is 1. The Morgan fingerprint density at radius 2 is 1.70 bits per heavy atom. The van der Waals surface area contributed by atoms with E-state index in [1.807, 2.05) is 24.3 Å². The van der Waals surface area contributed by atoms with Gasteiger partial charge in [0, 0.05) is 11.3 Å². The second-order valence-corrected chi connectivity index (χ2v) is 6.84. The normalized spacial score (nSPS) is 12.2. The van der Waals surface area contributed by atoms with Crippen LogP contribution in [0.4, 0.5) is 9.93 Å². The van der Waals surface area contributed by atoms with Crippen molar-refractivity contribution in [3.05, 3.63) is 70.7 Å². The summed E-state index contributed by atoms with van der Waals surface area (Å²) in [6, 6.07) is 16.3. The van der Waals surface area contributed by atoms with Crippen LogP contribution in [0.5, 0.6) is 0 Å². The van der Waals surface area contributed by atoms with Crippen LogP contribution < -0.4 is 5.32 Å². The van der Waals surface area contributed by atoms with E-state index in [4.69, 9.17) is 4.74 Å². The number of hydrogen-bond donors (Lipinski definition) is 1. The highest BCUT2D eigenvalue weighted by Crippen LogP contribution is 2.44. The summed E-state index contributed by atoms with van der Waals surface area (Å²) < 4.78 is 10.0. The molecule has 0 saturated carbocycles. The van der Waals surface area contributed by atoms with E-state index in [2.05, 4.69) is 39.3 Å². The van der Waals surface area contributed by atoms with Crippen molar-refractivity contribution >= 4 is 28.5 Å². The molecular weight excluding hydrogens is 364 g/mol. The Morgan fingerprint density at radius 3 is 2.33 bits per heavy atom. The Kier molecular flexibility index (Phi) is 4.60. The van der Waals surface area contributed by atoms with E-state index in [1.165, 1.54) is 23.6 Å². The molecule has 0 fully saturated rings. The number of anilines is 1. The van der Waals surface area contributed by atoms with Crippen LogP contribution in [-0.2, 0) is 9.47 Å². The summed E-state index contributed by atoms with van der Waals surface area (Å²) in [6.45, 7) is 0.217. The third kappa shape index (κ3) is 3.29. The molecule has 1 N–H and O–H groups in total. The molecule has 1 aliphatic carbocycles. The lowest BCUT2D eigenvalue weighted by atomic mass is 9.98. The quantitative estimate of drug-likeness (QED) is 0.683. The van der Waals surface area contributed by atoms with Crippen molar-refractivity contribution in [1.82, 2.24) is 4.98 Å². The fraction of sp³-hybridized carbons (Fsp3) is 0.150. The number of nitrogens with one attached hydrogen (secondary N) is 1. The van der Waals surface area contributed by atoms with Crippen molar-refractivity contribution in [3.63, 3.8) is 0 Å². The molecule has 0 bridgehead atoms. The first-order chi connectivity index (χ1) is 13.2. The number of thiazole rings is 1. The molecule has 0 spiro atoms. The van der Waals surface area contributed by atoms with Crippen LogP contribution in [0.3, 0.4) is 0 Å². The lowest BCUT2D eigenvalue weighted by molar-refractivity contribution is 0.0595. The second-order valence-electron chi connectivity index (χ2n) is 5.98. The van der Waals surface area contributed by atoms with Gasteiger partial charge in [0.2, 0.25) is 0 Å². The number of nitrogens with zero attached hydrogens (tertiary/aromatic N) is 1. The molecule has 0 atom stereocenters. The number of benzene rings is 2. The van der Waals surface area contributed by atoms with Crippen molar-refractivity contribution < 1.29 is 19.1 Å². The van der Waals surface area contributed by atoms with Crippen molar-refractivity contribution in [2.24, 2.45) is 0 Å². The van der Waals surface area contributed by atoms with Crippen LogP contribution in [0.15, 0.2) is 53.9 Å². The average molecular weight is 380 g/mol. The van der Waals surface area contributed by atoms with Gasteiger partial charge < -0.3 is 9.47 Å². The number of amides is 1. The first-order valence-electron chi connectivity index (χ1n) is 8.33. The second kappa shape index (κ2) is 7.20. The first kappa shape index (κ1) is 17.2. The Balaban J connectivity index is 1.45. The number of carbonyl (C=O) groups excluding carboxylic acids is 2. The molecule has 4 rings (SSSR count). The smallest absolute Gasteiger partial charge is 0.413 e. The molecule has 27 heavy (non-hydrogen) atoms. The minimum absolute atomic E-state index is 0.00919. The van der Waals surface area contributed by atoms with Crippen molar-refractivity contribution in [2.45, 2.75) is 5.92 Å². The highest BCUT2D eigenvalue weighted by Gasteiger charge is 2.29. The van der Waals surface area contributed by atoms with Gasteiger partial charge in [-0.15, -0.1) is 11.3 Å². The summed E-state index contributed by atoms with van der Waals surface area (Å²) in [5, 5.41) is 4.36. The largest absolute Gasteiger partial charge is 0.464 e. The maximum Gasteiger partial charge on any atom is 0.413 e. The van der Waals surface area contributed by atoms with Gasteiger partial charge in [-0.25, -0.2) is 14.6 Å². The third-order valence-electron chi connectivity index (χ3n) is 4.45. The van der Waals surface area contributed by atoms with E-state index in [0.717, 1.165) is 22.5 Å². The number of carbonyl (C=O) groups is 2. The molecule has 3 aromatic rings. The molecule has 2 aromatic carbocycles. The number of aromatic nitrogens is 1. The van der Waals surface area contributed by atoms with E-state index in [0.29, 0.717) is 0 Å². The molecule has 0 radical (unpaired) electrons. The average Bonchev–Trinajstić information content (AvgIpc) is 3.28. The van der Waals surface area contributed by atoms with E-state index < -0.39 is 12.1 Å². The highest BCUT2D eigenvalue weighted by atomic mass is 32.1. The SMILES string of the molecule is COC(=O)c1csc(NC(=O)OCC2c3ccccc3-c3ccccc32)n1. The van der Waals surface area contributed by atoms with Gasteiger partial charge in [-0.05, 0) is 22.3 Å². The van der Waals surface area contributed by atoms with Gasteiger partial charge in [-0.3, -0.25) is 5.32 Å². The maximum atomic E-state index is 12.2. The first-order valence-corrected chi connectivity index (χ1v) is 9.21. The number of rotatable bonds is 4. The van der Waals surface area contributed by atoms with Gasteiger partial charge in [0.05, 0.1) is 7.11 Å². The number of fused-ring (bicyclic) bond motifs is 3. The number of hydrogen-bond acceptors (Lipinski definition) is 6. The van der Waals surface area contributed by atoms with E-state index in [9.17, 15) is 9.59 Å². The predicted molar refractivity (Wildman–Crippen MR) is 102 cm³/mol. The lowest BCUT2D eigenvalue weighted by Gasteiger charge is -2.14. The summed E-state index contributed by atoms with van der Waals surface area (Å²) in [5.74, 6) is -0.558. The third-order valence-corrected chi connectivity index (χ3v) is 5.21. The molecular formula is C20H16N2O4S. The molecule has 1 aromatic heterocycles. The van der Waals surface area contributed by atoms with Crippen molar-refractivity contribution in [1.29, 1.82) is 0 Å². The van der Waals surface area contributed by atoms with Crippen LogP contribution in [0.1, 0.15) is 27.5 Å². The van der Waals surface area contributed by atoms with Crippen LogP contribution in [-0.4, -0.2) is 30.8 Å². The fourth-order valence-electron chi connectivity index (χ4n) is 3.25. The summed E-state index contributed by atoms with van der Waals surface area (Å²) in [5.41, 5.74) is 4.79. The Hall–Kier alpha value is -3.19. The summed E-state index contributed by atoms with van der Waals surface area (Å²) in [7, 11) is 1.28. The monoisotopic (exact) mass is 380 g/mol. The van der Waals surface area contributed by atoms with Crippen LogP contribution in [0.2, 0.25) is 0 Å². The molecule has 0 saturated heterocycles. The van der Waals surface area contributed by atoms with Crippen LogP contribution >= 0.6 is 11.3 Å². The summed E-state index contributed by atoms with van der Waals surface area (Å²) in [4.78, 5) is 27.6. The standard InChI is InChI=1S/C20H16N2O4S/c1-25-18(23)17-11-27-19(21-17)22-20(24)26-10-16-14-8-4-2-6-12(14)13-7-3-5-9-15(13)16/h2-9,11,16H,10H2,1H3,(H,21,22,24). The van der Waals surface area contributed by atoms with Crippen LogP contribution in [0.25, 0.3) is 11.1 Å². The van der Waals surface area contributed by atoms with Crippen LogP contribution in [0, 0.1) is 0 Å². The van der Waals surface area contributed by atoms with E-state index in [1.54, 1.807) is 0 Å². The summed E-state index contributed by atoms with van der Waals surface area (Å²) in [6.07, 6.45) is -0.609. The zero-order valence-corrected chi connectivity index (χ0v) is 15.3. The molecule has 1 amide bonds. The molecule has 1 heterocycles. The minimum Gasteiger partial charge on any atom is -0.464 e. The zero-order valence-electron chi connectivity index (χ0n) is 14.5. The molecule has 0 aliphatic heterocycles. The van der Waals surface area contributed by atoms with Crippen molar-refractivity contribution in [2.75, 3.05) is 19.0 Å². The Bertz CT molecular complexity index is 969. The summed E-state index contributed by atoms with van der Waals surface area (Å²) >= 11 is 1.13. The van der Waals surface area contributed by atoms with Gasteiger partial charge in [0.25, 0.3) is 0 Å². The molecule has 7 heteroatoms. The van der Waals surface area contributed by atoms with Gasteiger partial charge in [-0.2, -0.15) is 0 Å². The topological polar surface area (TPSA) is 77.5 Å². The molecule has 0 unspecified atom stereocenters. The van der Waals surface area contributed by atoms with Gasteiger partial charge in [-0.1, -0.05) is 48.5 Å². The Morgan fingerprint density at radius 1 is 1.07 bits per heavy atom. The lowest BCUT2D eigenvalue weighted by Crippen LogP contribution is -2.18. The van der Waals surface area contributed by atoms with Crippen molar-refractivity contribution in [3.8, 4) is 11.1 Å². The molecule has 1 aliphatic rings.